The third-order valence-corrected chi connectivity index (χ3v) is 3.97. The number of hydrogen-bond donors (Lipinski definition) is 1. The van der Waals surface area contributed by atoms with Gasteiger partial charge in [-0.15, -0.1) is 0 Å². The van der Waals surface area contributed by atoms with Gasteiger partial charge in [-0.3, -0.25) is 0 Å². The van der Waals surface area contributed by atoms with Crippen LogP contribution in [0.5, 0.6) is 0 Å². The van der Waals surface area contributed by atoms with Gasteiger partial charge in [0.2, 0.25) is 0 Å². The zero-order chi connectivity index (χ0) is 12.3. The van der Waals surface area contributed by atoms with Gasteiger partial charge in [-0.25, -0.2) is 0 Å². The summed E-state index contributed by atoms with van der Waals surface area (Å²) in [6.07, 6.45) is 4.85. The van der Waals surface area contributed by atoms with E-state index in [0.29, 0.717) is 5.92 Å². The predicted molar refractivity (Wildman–Crippen MR) is 75.0 cm³/mol. The summed E-state index contributed by atoms with van der Waals surface area (Å²) in [5, 5.41) is 5.12. The molecule has 0 amide bonds. The first-order valence-corrected chi connectivity index (χ1v) is 7.08. The Morgan fingerprint density at radius 3 is 2.53 bits per heavy atom. The van der Waals surface area contributed by atoms with Gasteiger partial charge in [0.25, 0.3) is 0 Å². The molecular weight excluding hydrogens is 253 g/mol. The summed E-state index contributed by atoms with van der Waals surface area (Å²) in [6.45, 7) is 3.36. The Morgan fingerprint density at radius 2 is 1.94 bits per heavy atom. The van der Waals surface area contributed by atoms with Gasteiger partial charge in [0.15, 0.2) is 0 Å². The van der Waals surface area contributed by atoms with Crippen LogP contribution in [-0.2, 0) is 6.42 Å². The quantitative estimate of drug-likeness (QED) is 0.813. The first-order valence-electron chi connectivity index (χ1n) is 6.33. The standard InChI is InChI=1S/C14H19Cl2N/c1-10(7-8-17-11-5-6-11)9-12-13(15)3-2-4-14(12)16/h2-4,10-11,17H,5-9H2,1H3. The maximum Gasteiger partial charge on any atom is 0.0452 e. The largest absolute Gasteiger partial charge is 0.314 e. The van der Waals surface area contributed by atoms with Crippen molar-refractivity contribution in [3.05, 3.63) is 33.8 Å². The van der Waals surface area contributed by atoms with Gasteiger partial charge in [-0.05, 0) is 55.8 Å². The van der Waals surface area contributed by atoms with Crippen molar-refractivity contribution in [2.24, 2.45) is 5.92 Å². The average molecular weight is 272 g/mol. The zero-order valence-electron chi connectivity index (χ0n) is 10.2. The average Bonchev–Trinajstić information content (AvgIpc) is 3.08. The molecule has 3 heteroatoms. The highest BCUT2D eigenvalue weighted by molar-refractivity contribution is 6.35. The molecule has 0 heterocycles. The van der Waals surface area contributed by atoms with Crippen molar-refractivity contribution in [2.75, 3.05) is 6.54 Å². The van der Waals surface area contributed by atoms with Crippen LogP contribution < -0.4 is 5.32 Å². The molecule has 1 aromatic rings. The summed E-state index contributed by atoms with van der Waals surface area (Å²) in [7, 11) is 0. The van der Waals surface area contributed by atoms with Crippen molar-refractivity contribution in [2.45, 2.75) is 38.6 Å². The van der Waals surface area contributed by atoms with Crippen LogP contribution in [-0.4, -0.2) is 12.6 Å². The van der Waals surface area contributed by atoms with Crippen molar-refractivity contribution >= 4 is 23.2 Å². The summed E-state index contributed by atoms with van der Waals surface area (Å²) in [6, 6.07) is 6.52. The van der Waals surface area contributed by atoms with E-state index < -0.39 is 0 Å². The van der Waals surface area contributed by atoms with E-state index in [1.54, 1.807) is 0 Å². The number of halogens is 2. The monoisotopic (exact) mass is 271 g/mol. The molecule has 1 aromatic carbocycles. The lowest BCUT2D eigenvalue weighted by atomic mass is 9.98. The lowest BCUT2D eigenvalue weighted by molar-refractivity contribution is 0.497. The third kappa shape index (κ3) is 4.17. The van der Waals surface area contributed by atoms with Crippen LogP contribution in [0.25, 0.3) is 0 Å². The normalized spacial score (nSPS) is 17.1. The molecule has 0 aromatic heterocycles. The predicted octanol–water partition coefficient (Wildman–Crippen LogP) is 4.31. The fourth-order valence-corrected chi connectivity index (χ4v) is 2.55. The molecule has 1 unspecified atom stereocenters. The molecule has 1 aliphatic rings. The lowest BCUT2D eigenvalue weighted by Gasteiger charge is -2.14. The maximum absolute atomic E-state index is 6.17. The SMILES string of the molecule is CC(CCNC1CC1)Cc1c(Cl)cccc1Cl. The lowest BCUT2D eigenvalue weighted by Crippen LogP contribution is -2.20. The van der Waals surface area contributed by atoms with Gasteiger partial charge in [0.05, 0.1) is 0 Å². The van der Waals surface area contributed by atoms with Gasteiger partial charge in [-0.1, -0.05) is 36.2 Å². The van der Waals surface area contributed by atoms with Crippen LogP contribution in [0.3, 0.4) is 0 Å². The van der Waals surface area contributed by atoms with Crippen molar-refractivity contribution in [3.8, 4) is 0 Å². The molecule has 17 heavy (non-hydrogen) atoms. The molecule has 2 rings (SSSR count). The second kappa shape index (κ2) is 6.08. The van der Waals surface area contributed by atoms with Gasteiger partial charge in [0, 0.05) is 16.1 Å². The topological polar surface area (TPSA) is 12.0 Å². The van der Waals surface area contributed by atoms with E-state index in [1.807, 2.05) is 18.2 Å². The summed E-state index contributed by atoms with van der Waals surface area (Å²) in [5.74, 6) is 0.610. The summed E-state index contributed by atoms with van der Waals surface area (Å²) >= 11 is 12.3. The number of benzene rings is 1. The van der Waals surface area contributed by atoms with Crippen LogP contribution in [0, 0.1) is 5.92 Å². The molecule has 1 saturated carbocycles. The highest BCUT2D eigenvalue weighted by atomic mass is 35.5. The highest BCUT2D eigenvalue weighted by Gasteiger charge is 2.20. The Kier molecular flexibility index (Phi) is 4.72. The summed E-state index contributed by atoms with van der Waals surface area (Å²) in [4.78, 5) is 0. The maximum atomic E-state index is 6.17. The second-order valence-corrected chi connectivity index (χ2v) is 5.84. The van der Waals surface area contributed by atoms with Crippen molar-refractivity contribution in [1.29, 1.82) is 0 Å². The van der Waals surface area contributed by atoms with Crippen LogP contribution in [0.1, 0.15) is 31.7 Å². The second-order valence-electron chi connectivity index (χ2n) is 5.03. The van der Waals surface area contributed by atoms with E-state index in [0.717, 1.165) is 34.6 Å². The third-order valence-electron chi connectivity index (χ3n) is 3.26. The van der Waals surface area contributed by atoms with Gasteiger partial charge < -0.3 is 5.32 Å². The molecular formula is C14H19Cl2N. The van der Waals surface area contributed by atoms with E-state index >= 15 is 0 Å². The van der Waals surface area contributed by atoms with Crippen LogP contribution in [0.15, 0.2) is 18.2 Å². The number of nitrogens with one attached hydrogen (secondary N) is 1. The van der Waals surface area contributed by atoms with Crippen LogP contribution in [0.4, 0.5) is 0 Å². The highest BCUT2D eigenvalue weighted by Crippen LogP contribution is 2.27. The molecule has 0 spiro atoms. The summed E-state index contributed by atoms with van der Waals surface area (Å²) in [5.41, 5.74) is 1.09. The first kappa shape index (κ1) is 13.2. The molecule has 1 N–H and O–H groups in total. The van der Waals surface area contributed by atoms with Crippen molar-refractivity contribution < 1.29 is 0 Å². The Morgan fingerprint density at radius 1 is 1.29 bits per heavy atom. The van der Waals surface area contributed by atoms with E-state index in [2.05, 4.69) is 12.2 Å². The van der Waals surface area contributed by atoms with Crippen molar-refractivity contribution in [1.82, 2.24) is 5.32 Å². The van der Waals surface area contributed by atoms with Gasteiger partial charge >= 0.3 is 0 Å². The minimum atomic E-state index is 0.610. The van der Waals surface area contributed by atoms with Crippen LogP contribution >= 0.6 is 23.2 Å². The Balaban J connectivity index is 1.81. The van der Waals surface area contributed by atoms with E-state index in [1.165, 1.54) is 19.3 Å². The molecule has 0 bridgehead atoms. The molecule has 0 radical (unpaired) electrons. The number of hydrogen-bond acceptors (Lipinski definition) is 1. The van der Waals surface area contributed by atoms with Gasteiger partial charge in [-0.2, -0.15) is 0 Å². The molecule has 1 aliphatic carbocycles. The molecule has 1 atom stereocenters. The minimum Gasteiger partial charge on any atom is -0.314 e. The Hall–Kier alpha value is -0.240. The van der Waals surface area contributed by atoms with E-state index in [4.69, 9.17) is 23.2 Å². The summed E-state index contributed by atoms with van der Waals surface area (Å²) < 4.78 is 0. The fourth-order valence-electron chi connectivity index (χ4n) is 2.00. The Labute approximate surface area is 114 Å². The van der Waals surface area contributed by atoms with Crippen molar-refractivity contribution in [3.63, 3.8) is 0 Å². The molecule has 94 valence electrons. The van der Waals surface area contributed by atoms with E-state index in [9.17, 15) is 0 Å². The first-order chi connectivity index (χ1) is 8.16. The minimum absolute atomic E-state index is 0.610. The van der Waals surface area contributed by atoms with E-state index in [-0.39, 0.29) is 0 Å². The fraction of sp³-hybridized carbons (Fsp3) is 0.571. The zero-order valence-corrected chi connectivity index (χ0v) is 11.7. The Bertz CT molecular complexity index is 354. The molecule has 1 nitrogen and oxygen atoms in total. The molecule has 0 aliphatic heterocycles. The van der Waals surface area contributed by atoms with Crippen LogP contribution in [0.2, 0.25) is 10.0 Å². The smallest absolute Gasteiger partial charge is 0.0452 e. The number of rotatable bonds is 6. The molecule has 1 fully saturated rings. The van der Waals surface area contributed by atoms with Gasteiger partial charge in [0.1, 0.15) is 0 Å². The molecule has 0 saturated heterocycles.